The third-order valence-corrected chi connectivity index (χ3v) is 1.96. The van der Waals surface area contributed by atoms with Gasteiger partial charge < -0.3 is 9.52 Å². The van der Waals surface area contributed by atoms with E-state index in [1.54, 1.807) is 24.3 Å². The number of carbonyl (C=O) groups is 1. The van der Waals surface area contributed by atoms with Gasteiger partial charge in [-0.25, -0.2) is 9.78 Å². The van der Waals surface area contributed by atoms with Crippen LogP contribution in [0.5, 0.6) is 0 Å². The van der Waals surface area contributed by atoms with Gasteiger partial charge in [0, 0.05) is 5.56 Å². The molecule has 0 aliphatic carbocycles. The van der Waals surface area contributed by atoms with Crippen LogP contribution in [-0.2, 0) is 0 Å². The van der Waals surface area contributed by atoms with Gasteiger partial charge in [0.1, 0.15) is 0 Å². The van der Waals surface area contributed by atoms with Crippen molar-refractivity contribution >= 4 is 24.8 Å². The van der Waals surface area contributed by atoms with Crippen molar-refractivity contribution in [3.05, 3.63) is 41.9 Å². The van der Waals surface area contributed by atoms with Crippen molar-refractivity contribution in [2.75, 3.05) is 0 Å². The average molecular weight is 222 g/mol. The Kier molecular flexibility index (Phi) is 4.11. The number of oxazole rings is 1. The quantitative estimate of drug-likeness (QED) is 0.773. The van der Waals surface area contributed by atoms with Crippen LogP contribution in [0.1, 0.15) is 16.2 Å². The molecule has 1 N–H and O–H groups in total. The van der Waals surface area contributed by atoms with Crippen LogP contribution in [0, 0.1) is 11.3 Å². The molecule has 0 spiro atoms. The molecule has 0 fully saturated rings. The molecule has 0 saturated carbocycles. The Morgan fingerprint density at radius 2 is 2.24 bits per heavy atom. The molecule has 1 aromatic carbocycles. The van der Waals surface area contributed by atoms with E-state index in [4.69, 9.17) is 14.8 Å². The zero-order valence-electron chi connectivity index (χ0n) is 8.04. The Balaban J connectivity index is 0.00000144. The maximum absolute atomic E-state index is 10.6. The Morgan fingerprint density at radius 1 is 1.47 bits per heavy atom. The van der Waals surface area contributed by atoms with E-state index in [0.29, 0.717) is 16.9 Å². The van der Waals surface area contributed by atoms with Crippen LogP contribution in [0.2, 0.25) is 0 Å². The molecule has 0 radical (unpaired) electrons. The van der Waals surface area contributed by atoms with Crippen LogP contribution in [-0.4, -0.2) is 34.9 Å². The number of hydrogen-bond acceptors (Lipinski definition) is 4. The fourth-order valence-electron chi connectivity index (χ4n) is 1.25. The van der Waals surface area contributed by atoms with Crippen LogP contribution in [0.3, 0.4) is 0 Å². The molecule has 0 amide bonds. The maximum atomic E-state index is 10.6. The van der Waals surface area contributed by atoms with E-state index in [0.717, 1.165) is 0 Å². The van der Waals surface area contributed by atoms with Crippen molar-refractivity contribution in [1.82, 2.24) is 4.98 Å². The number of aromatic nitrogens is 1. The number of benzene rings is 1. The van der Waals surface area contributed by atoms with Crippen molar-refractivity contribution < 1.29 is 14.3 Å². The Morgan fingerprint density at radius 3 is 2.82 bits per heavy atom. The summed E-state index contributed by atoms with van der Waals surface area (Å²) in [7, 11) is 0. The molecule has 80 valence electrons. The standard InChI is InChI=1S/C11H6N2O3.Li.H/c12-5-7-2-1-3-8(4-7)9-6-13-10(16-9)11(14)15;;/h1-4,6H,(H,14,15);;. The van der Waals surface area contributed by atoms with Gasteiger partial charge in [0.15, 0.2) is 5.76 Å². The van der Waals surface area contributed by atoms with Gasteiger partial charge >= 0.3 is 30.7 Å². The van der Waals surface area contributed by atoms with Crippen molar-refractivity contribution in [2.24, 2.45) is 0 Å². The predicted octanol–water partition coefficient (Wildman–Crippen LogP) is 1.26. The summed E-state index contributed by atoms with van der Waals surface area (Å²) in [5.41, 5.74) is 1.10. The van der Waals surface area contributed by atoms with Gasteiger partial charge in [-0.3, -0.25) is 0 Å². The molecule has 6 heteroatoms. The number of nitriles is 1. The van der Waals surface area contributed by atoms with Crippen LogP contribution in [0.25, 0.3) is 11.3 Å². The molecule has 2 rings (SSSR count). The second-order valence-corrected chi connectivity index (χ2v) is 3.03. The second-order valence-electron chi connectivity index (χ2n) is 3.03. The summed E-state index contributed by atoms with van der Waals surface area (Å²) in [6.45, 7) is 0. The van der Waals surface area contributed by atoms with E-state index in [2.05, 4.69) is 4.98 Å². The molecule has 0 bridgehead atoms. The van der Waals surface area contributed by atoms with E-state index < -0.39 is 5.97 Å². The van der Waals surface area contributed by atoms with E-state index in [9.17, 15) is 4.79 Å². The monoisotopic (exact) mass is 222 g/mol. The van der Waals surface area contributed by atoms with Crippen LogP contribution < -0.4 is 0 Å². The van der Waals surface area contributed by atoms with E-state index in [1.807, 2.05) is 6.07 Å². The topological polar surface area (TPSA) is 87.1 Å². The predicted molar refractivity (Wildman–Crippen MR) is 60.8 cm³/mol. The molecule has 17 heavy (non-hydrogen) atoms. The van der Waals surface area contributed by atoms with Crippen molar-refractivity contribution in [1.29, 1.82) is 5.26 Å². The number of aromatic carboxylic acids is 1. The van der Waals surface area contributed by atoms with Gasteiger partial charge in [-0.15, -0.1) is 0 Å². The Hall–Kier alpha value is -2.01. The van der Waals surface area contributed by atoms with Gasteiger partial charge in [0.05, 0.1) is 17.8 Å². The van der Waals surface area contributed by atoms with Crippen molar-refractivity contribution in [2.45, 2.75) is 0 Å². The molecule has 5 nitrogen and oxygen atoms in total. The van der Waals surface area contributed by atoms with E-state index in [1.165, 1.54) is 6.20 Å². The minimum atomic E-state index is -1.22. The van der Waals surface area contributed by atoms with Gasteiger partial charge in [0.25, 0.3) is 0 Å². The summed E-state index contributed by atoms with van der Waals surface area (Å²) in [6, 6.07) is 8.65. The van der Waals surface area contributed by atoms with Crippen molar-refractivity contribution in [3.8, 4) is 17.4 Å². The molecular weight excluding hydrogens is 215 g/mol. The first-order chi connectivity index (χ1) is 7.70. The first-order valence-corrected chi connectivity index (χ1v) is 4.40. The number of carboxylic acids is 1. The normalized spacial score (nSPS) is 9.12. The molecule has 0 aliphatic heterocycles. The summed E-state index contributed by atoms with van der Waals surface area (Å²) in [4.78, 5) is 14.2. The first-order valence-electron chi connectivity index (χ1n) is 4.40. The molecule has 1 aromatic heterocycles. The second kappa shape index (κ2) is 5.36. The van der Waals surface area contributed by atoms with Crippen LogP contribution in [0.4, 0.5) is 0 Å². The Labute approximate surface area is 109 Å². The first kappa shape index (κ1) is 13.1. The van der Waals surface area contributed by atoms with Gasteiger partial charge in [0.2, 0.25) is 0 Å². The van der Waals surface area contributed by atoms with Crippen LogP contribution >= 0.6 is 0 Å². The third kappa shape index (κ3) is 2.76. The number of hydrogen-bond donors (Lipinski definition) is 1. The number of rotatable bonds is 2. The van der Waals surface area contributed by atoms with Gasteiger partial charge in [-0.05, 0) is 12.1 Å². The fraction of sp³-hybridized carbons (Fsp3) is 0. The molecule has 0 aliphatic rings. The molecule has 1 heterocycles. The SMILES string of the molecule is N#Cc1cccc(-c2cnc(C(=O)O)o2)c1.[LiH]. The summed E-state index contributed by atoms with van der Waals surface area (Å²) in [6.07, 6.45) is 1.32. The number of carboxylic acid groups (broad SMARTS) is 1. The van der Waals surface area contributed by atoms with E-state index in [-0.39, 0.29) is 24.8 Å². The summed E-state index contributed by atoms with van der Waals surface area (Å²) < 4.78 is 5.01. The van der Waals surface area contributed by atoms with Gasteiger partial charge in [-0.2, -0.15) is 5.26 Å². The van der Waals surface area contributed by atoms with Crippen LogP contribution in [0.15, 0.2) is 34.9 Å². The Bertz CT molecular complexity index is 586. The summed E-state index contributed by atoms with van der Waals surface area (Å²) in [5.74, 6) is -1.26. The van der Waals surface area contributed by atoms with Crippen molar-refractivity contribution in [3.63, 3.8) is 0 Å². The fourth-order valence-corrected chi connectivity index (χ4v) is 1.25. The van der Waals surface area contributed by atoms with Gasteiger partial charge in [-0.1, -0.05) is 12.1 Å². The summed E-state index contributed by atoms with van der Waals surface area (Å²) in [5, 5.41) is 17.3. The zero-order chi connectivity index (χ0) is 11.5. The zero-order valence-corrected chi connectivity index (χ0v) is 8.04. The number of nitrogens with zero attached hydrogens (tertiary/aromatic N) is 2. The molecular formula is C11H7LiN2O3. The molecule has 0 unspecified atom stereocenters. The molecule has 0 atom stereocenters. The third-order valence-electron chi connectivity index (χ3n) is 1.96. The summed E-state index contributed by atoms with van der Waals surface area (Å²) >= 11 is 0. The minimum absolute atomic E-state index is 0. The van der Waals surface area contributed by atoms with E-state index >= 15 is 0 Å². The average Bonchev–Trinajstić information content (AvgIpc) is 2.78. The molecule has 2 aromatic rings. The molecule has 0 saturated heterocycles.